The molecule has 8 nitrogen and oxygen atoms in total. The predicted molar refractivity (Wildman–Crippen MR) is 95.4 cm³/mol. The quantitative estimate of drug-likeness (QED) is 0.783. The molecule has 0 unspecified atom stereocenters. The van der Waals surface area contributed by atoms with Gasteiger partial charge in [-0.05, 0) is 37.1 Å². The summed E-state index contributed by atoms with van der Waals surface area (Å²) in [6.45, 7) is 1.33. The number of piperidine rings is 1. The lowest BCUT2D eigenvalue weighted by Crippen LogP contribution is -2.45. The van der Waals surface area contributed by atoms with Crippen molar-refractivity contribution in [2.24, 2.45) is 0 Å². The summed E-state index contributed by atoms with van der Waals surface area (Å²) in [5.41, 5.74) is 0.200. The molecule has 1 aromatic heterocycles. The van der Waals surface area contributed by atoms with Crippen LogP contribution in [0.4, 0.5) is 5.95 Å². The molecule has 1 aliphatic heterocycles. The Kier molecular flexibility index (Phi) is 5.48. The monoisotopic (exact) mass is 376 g/mol. The first-order valence-corrected chi connectivity index (χ1v) is 9.70. The Morgan fingerprint density at radius 2 is 1.88 bits per heavy atom. The maximum absolute atomic E-state index is 12.6. The van der Waals surface area contributed by atoms with E-state index in [2.05, 4.69) is 19.4 Å². The molecule has 0 radical (unpaired) electrons. The molecule has 1 fully saturated rings. The van der Waals surface area contributed by atoms with E-state index >= 15 is 0 Å². The van der Waals surface area contributed by atoms with E-state index in [0.717, 1.165) is 0 Å². The second-order valence-electron chi connectivity index (χ2n) is 5.95. The Balaban J connectivity index is 1.65. The molecule has 2 aromatic rings. The van der Waals surface area contributed by atoms with Crippen molar-refractivity contribution in [1.29, 1.82) is 0 Å². The molecule has 1 N–H and O–H groups in total. The predicted octanol–water partition coefficient (Wildman–Crippen LogP) is 1.21. The van der Waals surface area contributed by atoms with Crippen LogP contribution < -0.4 is 9.62 Å². The highest BCUT2D eigenvalue weighted by Crippen LogP contribution is 2.18. The van der Waals surface area contributed by atoms with Crippen LogP contribution in [0, 0.1) is 0 Å². The van der Waals surface area contributed by atoms with Gasteiger partial charge in [-0.2, -0.15) is 0 Å². The second kappa shape index (κ2) is 7.79. The van der Waals surface area contributed by atoms with Crippen molar-refractivity contribution in [1.82, 2.24) is 14.7 Å². The molecular weight excluding hydrogens is 356 g/mol. The van der Waals surface area contributed by atoms with Gasteiger partial charge in [-0.15, -0.1) is 0 Å². The number of benzene rings is 1. The number of aromatic nitrogens is 2. The Morgan fingerprint density at radius 1 is 1.19 bits per heavy atom. The van der Waals surface area contributed by atoms with E-state index in [-0.39, 0.29) is 16.5 Å². The smallest absolute Gasteiger partial charge is 0.337 e. The van der Waals surface area contributed by atoms with Crippen LogP contribution in [-0.2, 0) is 14.8 Å². The number of carbonyl (C=O) groups excluding carboxylic acids is 1. The zero-order chi connectivity index (χ0) is 18.6. The highest BCUT2D eigenvalue weighted by atomic mass is 32.2. The van der Waals surface area contributed by atoms with E-state index in [1.165, 1.54) is 31.4 Å². The van der Waals surface area contributed by atoms with Gasteiger partial charge in [-0.3, -0.25) is 0 Å². The van der Waals surface area contributed by atoms with Crippen molar-refractivity contribution in [2.45, 2.75) is 23.8 Å². The molecule has 26 heavy (non-hydrogen) atoms. The number of hydrogen-bond donors (Lipinski definition) is 1. The third kappa shape index (κ3) is 4.17. The summed E-state index contributed by atoms with van der Waals surface area (Å²) >= 11 is 0. The fraction of sp³-hybridized carbons (Fsp3) is 0.353. The van der Waals surface area contributed by atoms with Crippen molar-refractivity contribution in [3.05, 3.63) is 48.3 Å². The number of rotatable bonds is 5. The van der Waals surface area contributed by atoms with Gasteiger partial charge in [0, 0.05) is 31.5 Å². The first-order chi connectivity index (χ1) is 12.5. The van der Waals surface area contributed by atoms with Crippen molar-refractivity contribution in [3.8, 4) is 0 Å². The second-order valence-corrected chi connectivity index (χ2v) is 7.66. The molecule has 0 spiro atoms. The summed E-state index contributed by atoms with van der Waals surface area (Å²) in [5.74, 6) is 0.0813. The minimum atomic E-state index is -3.71. The van der Waals surface area contributed by atoms with Crippen LogP contribution in [0.15, 0.2) is 47.6 Å². The Labute approximate surface area is 152 Å². The fourth-order valence-electron chi connectivity index (χ4n) is 2.85. The number of hydrogen-bond acceptors (Lipinski definition) is 7. The number of anilines is 1. The number of methoxy groups -OCH3 is 1. The molecule has 9 heteroatoms. The Bertz CT molecular complexity index is 865. The molecule has 0 aliphatic carbocycles. The molecule has 1 aliphatic rings. The summed E-state index contributed by atoms with van der Waals surface area (Å²) < 4.78 is 32.6. The summed E-state index contributed by atoms with van der Waals surface area (Å²) in [6, 6.07) is 7.40. The van der Waals surface area contributed by atoms with E-state index in [1.807, 2.05) is 4.90 Å². The summed E-state index contributed by atoms with van der Waals surface area (Å²) in [4.78, 5) is 22.1. The van der Waals surface area contributed by atoms with Crippen LogP contribution in [-0.4, -0.2) is 50.6 Å². The highest BCUT2D eigenvalue weighted by molar-refractivity contribution is 7.89. The van der Waals surface area contributed by atoms with E-state index in [1.54, 1.807) is 18.5 Å². The molecule has 138 valence electrons. The van der Waals surface area contributed by atoms with Gasteiger partial charge < -0.3 is 9.64 Å². The molecule has 3 rings (SSSR count). The minimum absolute atomic E-state index is 0.0502. The van der Waals surface area contributed by atoms with Gasteiger partial charge in [0.2, 0.25) is 16.0 Å². The lowest BCUT2D eigenvalue weighted by molar-refractivity contribution is 0.0600. The first-order valence-electron chi connectivity index (χ1n) is 8.22. The van der Waals surface area contributed by atoms with Crippen molar-refractivity contribution >= 4 is 21.9 Å². The van der Waals surface area contributed by atoms with Gasteiger partial charge in [0.1, 0.15) is 0 Å². The maximum atomic E-state index is 12.6. The number of nitrogens with one attached hydrogen (secondary N) is 1. The van der Waals surface area contributed by atoms with Crippen LogP contribution in [0.2, 0.25) is 0 Å². The lowest BCUT2D eigenvalue weighted by Gasteiger charge is -2.32. The Hall–Kier alpha value is -2.52. The molecule has 0 bridgehead atoms. The molecular formula is C17H20N4O4S. The summed E-state index contributed by atoms with van der Waals surface area (Å²) in [6.07, 6.45) is 4.67. The first kappa shape index (κ1) is 18.3. The summed E-state index contributed by atoms with van der Waals surface area (Å²) in [5, 5.41) is 0. The zero-order valence-corrected chi connectivity index (χ0v) is 15.1. The van der Waals surface area contributed by atoms with Crippen LogP contribution in [0.25, 0.3) is 0 Å². The van der Waals surface area contributed by atoms with Crippen LogP contribution in [0.1, 0.15) is 23.2 Å². The molecule has 0 saturated carbocycles. The van der Waals surface area contributed by atoms with Gasteiger partial charge in [-0.1, -0.05) is 6.07 Å². The highest BCUT2D eigenvalue weighted by Gasteiger charge is 2.26. The standard InChI is InChI=1S/C17H20N4O4S/c1-25-16(22)13-4-2-5-15(12-13)26(23,24)20-14-6-10-21(11-7-14)17-18-8-3-9-19-17/h2-5,8-9,12,14,20H,6-7,10-11H2,1H3. The van der Waals surface area contributed by atoms with Crippen molar-refractivity contribution < 1.29 is 17.9 Å². The van der Waals surface area contributed by atoms with Gasteiger partial charge in [0.05, 0.1) is 17.6 Å². The SMILES string of the molecule is COC(=O)c1cccc(S(=O)(=O)NC2CCN(c3ncccn3)CC2)c1. The fourth-order valence-corrected chi connectivity index (χ4v) is 4.20. The lowest BCUT2D eigenvalue weighted by atomic mass is 10.1. The normalized spacial score (nSPS) is 15.7. The van der Waals surface area contributed by atoms with Crippen molar-refractivity contribution in [3.63, 3.8) is 0 Å². The van der Waals surface area contributed by atoms with Crippen LogP contribution in [0.5, 0.6) is 0 Å². The molecule has 0 amide bonds. The molecule has 1 aromatic carbocycles. The number of esters is 1. The summed E-state index contributed by atoms with van der Waals surface area (Å²) in [7, 11) is -2.46. The zero-order valence-electron chi connectivity index (χ0n) is 14.3. The third-order valence-electron chi connectivity index (χ3n) is 4.22. The number of nitrogens with zero attached hydrogens (tertiary/aromatic N) is 3. The van der Waals surface area contributed by atoms with Gasteiger partial charge in [0.15, 0.2) is 0 Å². The van der Waals surface area contributed by atoms with Gasteiger partial charge in [-0.25, -0.2) is 27.9 Å². The van der Waals surface area contributed by atoms with Gasteiger partial charge >= 0.3 is 5.97 Å². The van der Waals surface area contributed by atoms with E-state index in [0.29, 0.717) is 31.9 Å². The van der Waals surface area contributed by atoms with E-state index in [9.17, 15) is 13.2 Å². The average molecular weight is 376 g/mol. The van der Waals surface area contributed by atoms with E-state index < -0.39 is 16.0 Å². The maximum Gasteiger partial charge on any atom is 0.337 e. The molecule has 0 atom stereocenters. The minimum Gasteiger partial charge on any atom is -0.465 e. The molecule has 1 saturated heterocycles. The number of carbonyl (C=O) groups is 1. The van der Waals surface area contributed by atoms with Crippen LogP contribution in [0.3, 0.4) is 0 Å². The van der Waals surface area contributed by atoms with E-state index in [4.69, 9.17) is 0 Å². The average Bonchev–Trinajstić information content (AvgIpc) is 2.68. The van der Waals surface area contributed by atoms with Crippen LogP contribution >= 0.6 is 0 Å². The third-order valence-corrected chi connectivity index (χ3v) is 5.74. The molecule has 2 heterocycles. The number of sulfonamides is 1. The van der Waals surface area contributed by atoms with Gasteiger partial charge in [0.25, 0.3) is 0 Å². The number of ether oxygens (including phenoxy) is 1. The Morgan fingerprint density at radius 3 is 2.54 bits per heavy atom. The topological polar surface area (TPSA) is 101 Å². The van der Waals surface area contributed by atoms with Crippen molar-refractivity contribution in [2.75, 3.05) is 25.1 Å². The largest absolute Gasteiger partial charge is 0.465 e.